The molecule has 9 heteroatoms. The summed E-state index contributed by atoms with van der Waals surface area (Å²) >= 11 is 2.08. The van der Waals surface area contributed by atoms with Gasteiger partial charge in [0, 0.05) is 6.07 Å². The Balaban J connectivity index is 2.39. The number of aliphatic carboxylic acids is 2. The molecule has 0 aliphatic carbocycles. The molecule has 0 saturated heterocycles. The van der Waals surface area contributed by atoms with Crippen LogP contribution in [0.25, 0.3) is 10.2 Å². The quantitative estimate of drug-likeness (QED) is 0.648. The van der Waals surface area contributed by atoms with Crippen LogP contribution < -0.4 is 4.74 Å². The fourth-order valence-corrected chi connectivity index (χ4v) is 4.56. The maximum atomic E-state index is 11.4. The fraction of sp³-hybridized carbons (Fsp3) is 0.357. The van der Waals surface area contributed by atoms with E-state index in [2.05, 4.69) is 4.98 Å². The number of phenols is 1. The highest BCUT2D eigenvalue weighted by Crippen LogP contribution is 2.40. The highest BCUT2D eigenvalue weighted by atomic mass is 32.2. The number of phenolic OH excluding ortho intramolecular Hbond substituents is 1. The number of carboxylic acid groups (broad SMARTS) is 2. The number of hydrogen-bond acceptors (Lipinski definition) is 7. The summed E-state index contributed by atoms with van der Waals surface area (Å²) in [5, 5.41) is 27.0. The monoisotopic (exact) mass is 357 g/mol. The molecular weight excluding hydrogens is 342 g/mol. The van der Waals surface area contributed by atoms with E-state index in [1.807, 2.05) is 0 Å². The van der Waals surface area contributed by atoms with Gasteiger partial charge in [-0.2, -0.15) is 0 Å². The van der Waals surface area contributed by atoms with Crippen molar-refractivity contribution in [2.75, 3.05) is 7.11 Å². The van der Waals surface area contributed by atoms with Gasteiger partial charge in [0.1, 0.15) is 22.3 Å². The third kappa shape index (κ3) is 3.67. The van der Waals surface area contributed by atoms with Crippen molar-refractivity contribution in [1.82, 2.24) is 4.98 Å². The Morgan fingerprint density at radius 3 is 2.57 bits per heavy atom. The molecule has 0 aliphatic heterocycles. The average molecular weight is 357 g/mol. The Labute approximate surface area is 139 Å². The fourth-order valence-electron chi connectivity index (χ4n) is 2.10. The third-order valence-corrected chi connectivity index (χ3v) is 5.65. The number of carboxylic acids is 2. The molecule has 2 aromatic rings. The number of fused-ring (bicyclic) bond motifs is 1. The molecule has 2 rings (SSSR count). The van der Waals surface area contributed by atoms with Gasteiger partial charge in [-0.05, 0) is 12.5 Å². The lowest BCUT2D eigenvalue weighted by atomic mass is 10.0. The van der Waals surface area contributed by atoms with E-state index in [0.717, 1.165) is 11.8 Å². The van der Waals surface area contributed by atoms with Gasteiger partial charge < -0.3 is 20.1 Å². The molecule has 0 bridgehead atoms. The van der Waals surface area contributed by atoms with Crippen LogP contribution in [-0.4, -0.2) is 44.6 Å². The van der Waals surface area contributed by atoms with Crippen molar-refractivity contribution in [3.63, 3.8) is 0 Å². The molecule has 0 aliphatic rings. The first kappa shape index (κ1) is 17.4. The second kappa shape index (κ2) is 7.05. The first-order valence-corrected chi connectivity index (χ1v) is 8.36. The summed E-state index contributed by atoms with van der Waals surface area (Å²) in [6.07, 6.45) is 0.203. The van der Waals surface area contributed by atoms with Crippen LogP contribution in [0.5, 0.6) is 11.5 Å². The van der Waals surface area contributed by atoms with Crippen molar-refractivity contribution < 1.29 is 29.6 Å². The van der Waals surface area contributed by atoms with E-state index in [1.54, 1.807) is 6.92 Å². The van der Waals surface area contributed by atoms with Gasteiger partial charge in [0.15, 0.2) is 4.34 Å². The molecule has 0 radical (unpaired) electrons. The zero-order valence-corrected chi connectivity index (χ0v) is 14.0. The average Bonchev–Trinajstić information content (AvgIpc) is 2.87. The van der Waals surface area contributed by atoms with Crippen molar-refractivity contribution in [2.45, 2.75) is 22.9 Å². The van der Waals surface area contributed by atoms with Crippen LogP contribution in [0.3, 0.4) is 0 Å². The zero-order valence-electron chi connectivity index (χ0n) is 12.3. The highest BCUT2D eigenvalue weighted by Gasteiger charge is 2.34. The molecule has 23 heavy (non-hydrogen) atoms. The van der Waals surface area contributed by atoms with Gasteiger partial charge in [-0.1, -0.05) is 18.7 Å². The standard InChI is InChI=1S/C14H15NO6S2/c1-3-7(12(17)18)11(13(19)20)23-14-15-10-8(21-2)4-6(16)5-9(10)22-14/h4-5,7,11,16H,3H2,1-2H3,(H,17,18)(H,19,20). The van der Waals surface area contributed by atoms with Crippen LogP contribution >= 0.6 is 23.1 Å². The van der Waals surface area contributed by atoms with Gasteiger partial charge in [0.05, 0.1) is 17.7 Å². The zero-order chi connectivity index (χ0) is 17.1. The first-order valence-electron chi connectivity index (χ1n) is 6.67. The van der Waals surface area contributed by atoms with Crippen molar-refractivity contribution in [1.29, 1.82) is 0 Å². The Kier molecular flexibility index (Phi) is 5.32. The van der Waals surface area contributed by atoms with E-state index in [0.29, 0.717) is 20.3 Å². The molecule has 7 nitrogen and oxygen atoms in total. The SMILES string of the molecule is CCC(C(=O)O)C(Sc1nc2c(OC)cc(O)cc2s1)C(=O)O. The van der Waals surface area contributed by atoms with Crippen LogP contribution in [-0.2, 0) is 9.59 Å². The second-order valence-corrected chi connectivity index (χ2v) is 7.12. The number of aromatic hydroxyl groups is 1. The Bertz CT molecular complexity index is 744. The van der Waals surface area contributed by atoms with Crippen LogP contribution in [0.1, 0.15) is 13.3 Å². The summed E-state index contributed by atoms with van der Waals surface area (Å²) in [5.74, 6) is -2.97. The van der Waals surface area contributed by atoms with E-state index in [4.69, 9.17) is 4.74 Å². The van der Waals surface area contributed by atoms with Crippen LogP contribution in [0, 0.1) is 5.92 Å². The van der Waals surface area contributed by atoms with Crippen LogP contribution in [0.2, 0.25) is 0 Å². The normalized spacial score (nSPS) is 13.7. The summed E-state index contributed by atoms with van der Waals surface area (Å²) in [6.45, 7) is 1.63. The third-order valence-electron chi connectivity index (χ3n) is 3.24. The van der Waals surface area contributed by atoms with Gasteiger partial charge in [0.25, 0.3) is 0 Å². The number of thiazole rings is 1. The maximum Gasteiger partial charge on any atom is 0.317 e. The molecule has 0 saturated carbocycles. The summed E-state index contributed by atoms with van der Waals surface area (Å²) in [5.41, 5.74) is 0.505. The lowest BCUT2D eigenvalue weighted by Gasteiger charge is -2.16. The van der Waals surface area contributed by atoms with E-state index < -0.39 is 23.1 Å². The number of methoxy groups -OCH3 is 1. The number of nitrogens with zero attached hydrogens (tertiary/aromatic N) is 1. The molecule has 2 atom stereocenters. The molecule has 124 valence electrons. The molecule has 0 spiro atoms. The molecule has 0 amide bonds. The first-order chi connectivity index (χ1) is 10.9. The number of aromatic nitrogens is 1. The molecule has 1 aromatic carbocycles. The summed E-state index contributed by atoms with van der Waals surface area (Å²) in [7, 11) is 1.44. The summed E-state index contributed by atoms with van der Waals surface area (Å²) in [6, 6.07) is 2.92. The summed E-state index contributed by atoms with van der Waals surface area (Å²) in [4.78, 5) is 27.0. The number of benzene rings is 1. The minimum atomic E-state index is -1.20. The van der Waals surface area contributed by atoms with Crippen molar-refractivity contribution in [3.8, 4) is 11.5 Å². The smallest absolute Gasteiger partial charge is 0.317 e. The highest BCUT2D eigenvalue weighted by molar-refractivity contribution is 8.02. The lowest BCUT2D eigenvalue weighted by Crippen LogP contribution is -2.31. The van der Waals surface area contributed by atoms with E-state index in [-0.39, 0.29) is 12.2 Å². The van der Waals surface area contributed by atoms with Gasteiger partial charge in [-0.15, -0.1) is 11.3 Å². The Morgan fingerprint density at radius 1 is 1.35 bits per heavy atom. The number of thioether (sulfide) groups is 1. The number of carbonyl (C=O) groups is 2. The lowest BCUT2D eigenvalue weighted by molar-refractivity contribution is -0.147. The molecule has 1 aromatic heterocycles. The largest absolute Gasteiger partial charge is 0.508 e. The van der Waals surface area contributed by atoms with Gasteiger partial charge >= 0.3 is 11.9 Å². The van der Waals surface area contributed by atoms with Crippen LogP contribution in [0.15, 0.2) is 16.5 Å². The Morgan fingerprint density at radius 2 is 2.04 bits per heavy atom. The van der Waals surface area contributed by atoms with Gasteiger partial charge in [-0.3, -0.25) is 9.59 Å². The molecule has 0 fully saturated rings. The minimum absolute atomic E-state index is 0.0151. The maximum absolute atomic E-state index is 11.4. The minimum Gasteiger partial charge on any atom is -0.508 e. The molecule has 1 heterocycles. The van der Waals surface area contributed by atoms with Crippen molar-refractivity contribution in [3.05, 3.63) is 12.1 Å². The van der Waals surface area contributed by atoms with E-state index in [1.165, 1.54) is 30.6 Å². The van der Waals surface area contributed by atoms with Gasteiger partial charge in [-0.25, -0.2) is 4.98 Å². The predicted octanol–water partition coefficient (Wildman–Crippen LogP) is 2.67. The van der Waals surface area contributed by atoms with Crippen molar-refractivity contribution in [2.24, 2.45) is 5.92 Å². The number of ether oxygens (including phenoxy) is 1. The number of hydrogen-bond donors (Lipinski definition) is 3. The van der Waals surface area contributed by atoms with Crippen molar-refractivity contribution >= 4 is 45.3 Å². The summed E-state index contributed by atoms with van der Waals surface area (Å²) < 4.78 is 6.19. The second-order valence-electron chi connectivity index (χ2n) is 4.70. The predicted molar refractivity (Wildman–Crippen MR) is 86.5 cm³/mol. The Hall–Kier alpha value is -2.00. The molecule has 3 N–H and O–H groups in total. The van der Waals surface area contributed by atoms with E-state index >= 15 is 0 Å². The van der Waals surface area contributed by atoms with Crippen LogP contribution in [0.4, 0.5) is 0 Å². The molecular formula is C14H15NO6S2. The topological polar surface area (TPSA) is 117 Å². The molecule has 2 unspecified atom stereocenters. The number of rotatable bonds is 7. The van der Waals surface area contributed by atoms with E-state index in [9.17, 15) is 24.9 Å². The van der Waals surface area contributed by atoms with Gasteiger partial charge in [0.2, 0.25) is 0 Å².